The van der Waals surface area contributed by atoms with Gasteiger partial charge < -0.3 is 5.32 Å². The molecule has 1 aromatic heterocycles. The Balaban J connectivity index is 1.71. The first kappa shape index (κ1) is 16.2. The highest BCUT2D eigenvalue weighted by atomic mass is 35.5. The number of amides is 1. The minimum absolute atomic E-state index is 0.136. The van der Waals surface area contributed by atoms with E-state index in [9.17, 15) is 9.59 Å². The van der Waals surface area contributed by atoms with Gasteiger partial charge in [0.25, 0.3) is 5.56 Å². The van der Waals surface area contributed by atoms with Crippen molar-refractivity contribution in [2.45, 2.75) is 19.9 Å². The van der Waals surface area contributed by atoms with Crippen LogP contribution in [0.15, 0.2) is 53.6 Å². The molecule has 3 aromatic rings. The molecular weight excluding hydrogens is 326 g/mol. The van der Waals surface area contributed by atoms with Gasteiger partial charge in [0.15, 0.2) is 0 Å². The van der Waals surface area contributed by atoms with Gasteiger partial charge in [-0.1, -0.05) is 23.7 Å². The molecule has 0 aliphatic carbocycles. The second kappa shape index (κ2) is 6.84. The van der Waals surface area contributed by atoms with E-state index in [0.717, 1.165) is 5.56 Å². The summed E-state index contributed by atoms with van der Waals surface area (Å²) in [6.45, 7) is 2.19. The van der Waals surface area contributed by atoms with Crippen molar-refractivity contribution in [3.8, 4) is 0 Å². The Labute approximate surface area is 143 Å². The standard InChI is InChI=1S/C18H16ClN3O2/c1-12-3-2-4-15-17(12)20-11-22(18(15)24)10-9-16(23)21-14-7-5-13(19)6-8-14/h2-8,11H,9-10H2,1H3,(H,21,23). The summed E-state index contributed by atoms with van der Waals surface area (Å²) in [6, 6.07) is 12.4. The summed E-state index contributed by atoms with van der Waals surface area (Å²) in [6.07, 6.45) is 1.68. The van der Waals surface area contributed by atoms with Crippen LogP contribution in [0.2, 0.25) is 5.02 Å². The summed E-state index contributed by atoms with van der Waals surface area (Å²) in [4.78, 5) is 28.8. The van der Waals surface area contributed by atoms with Gasteiger partial charge in [-0.3, -0.25) is 14.2 Å². The topological polar surface area (TPSA) is 64.0 Å². The van der Waals surface area contributed by atoms with Gasteiger partial charge in [-0.25, -0.2) is 4.98 Å². The molecule has 2 aromatic carbocycles. The molecule has 0 saturated heterocycles. The molecule has 1 amide bonds. The van der Waals surface area contributed by atoms with Gasteiger partial charge >= 0.3 is 0 Å². The summed E-state index contributed by atoms with van der Waals surface area (Å²) in [7, 11) is 0. The molecule has 3 rings (SSSR count). The SMILES string of the molecule is Cc1cccc2c(=O)n(CCC(=O)Nc3ccc(Cl)cc3)cnc12. The summed E-state index contributed by atoms with van der Waals surface area (Å²) >= 11 is 5.81. The van der Waals surface area contributed by atoms with Crippen molar-refractivity contribution < 1.29 is 4.79 Å². The minimum Gasteiger partial charge on any atom is -0.326 e. The molecule has 0 spiro atoms. The fourth-order valence-corrected chi connectivity index (χ4v) is 2.60. The zero-order valence-electron chi connectivity index (χ0n) is 13.1. The third-order valence-electron chi connectivity index (χ3n) is 3.76. The van der Waals surface area contributed by atoms with E-state index in [1.807, 2.05) is 19.1 Å². The van der Waals surface area contributed by atoms with E-state index in [1.165, 1.54) is 10.9 Å². The molecule has 5 nitrogen and oxygen atoms in total. The molecule has 0 aliphatic rings. The third-order valence-corrected chi connectivity index (χ3v) is 4.01. The highest BCUT2D eigenvalue weighted by Gasteiger charge is 2.08. The molecule has 0 saturated carbocycles. The second-order valence-corrected chi connectivity index (χ2v) is 5.96. The maximum Gasteiger partial charge on any atom is 0.261 e. The van der Waals surface area contributed by atoms with Crippen molar-refractivity contribution in [1.82, 2.24) is 9.55 Å². The van der Waals surface area contributed by atoms with Gasteiger partial charge in [-0.15, -0.1) is 0 Å². The van der Waals surface area contributed by atoms with Gasteiger partial charge in [0.2, 0.25) is 5.91 Å². The van der Waals surface area contributed by atoms with E-state index in [0.29, 0.717) is 21.6 Å². The number of aryl methyl sites for hydroxylation is 2. The largest absolute Gasteiger partial charge is 0.326 e. The number of fused-ring (bicyclic) bond motifs is 1. The van der Waals surface area contributed by atoms with Crippen LogP contribution in [0.5, 0.6) is 0 Å². The Morgan fingerprint density at radius 1 is 1.21 bits per heavy atom. The number of anilines is 1. The predicted octanol–water partition coefficient (Wildman–Crippen LogP) is 3.39. The Hall–Kier alpha value is -2.66. The van der Waals surface area contributed by atoms with Crippen LogP contribution in [-0.4, -0.2) is 15.5 Å². The normalized spacial score (nSPS) is 10.8. The predicted molar refractivity (Wildman–Crippen MR) is 95.4 cm³/mol. The average Bonchev–Trinajstić information content (AvgIpc) is 2.57. The number of hydrogen-bond donors (Lipinski definition) is 1. The van der Waals surface area contributed by atoms with Crippen molar-refractivity contribution in [1.29, 1.82) is 0 Å². The van der Waals surface area contributed by atoms with E-state index in [-0.39, 0.29) is 24.4 Å². The van der Waals surface area contributed by atoms with Crippen LogP contribution in [0.1, 0.15) is 12.0 Å². The van der Waals surface area contributed by atoms with Crippen LogP contribution >= 0.6 is 11.6 Å². The smallest absolute Gasteiger partial charge is 0.261 e. The molecule has 0 unspecified atom stereocenters. The van der Waals surface area contributed by atoms with Crippen LogP contribution in [-0.2, 0) is 11.3 Å². The molecular formula is C18H16ClN3O2. The Morgan fingerprint density at radius 3 is 2.71 bits per heavy atom. The van der Waals surface area contributed by atoms with Crippen LogP contribution < -0.4 is 10.9 Å². The Bertz CT molecular complexity index is 949. The molecule has 0 aliphatic heterocycles. The Morgan fingerprint density at radius 2 is 1.96 bits per heavy atom. The molecule has 0 atom stereocenters. The maximum atomic E-state index is 12.5. The number of carbonyl (C=O) groups is 1. The summed E-state index contributed by atoms with van der Waals surface area (Å²) in [5.41, 5.74) is 2.19. The number of hydrogen-bond acceptors (Lipinski definition) is 3. The zero-order valence-corrected chi connectivity index (χ0v) is 13.9. The minimum atomic E-state index is -0.173. The van der Waals surface area contributed by atoms with Crippen LogP contribution in [0, 0.1) is 6.92 Å². The molecule has 1 heterocycles. The van der Waals surface area contributed by atoms with E-state index < -0.39 is 0 Å². The highest BCUT2D eigenvalue weighted by Crippen LogP contribution is 2.14. The molecule has 0 radical (unpaired) electrons. The molecule has 0 bridgehead atoms. The second-order valence-electron chi connectivity index (χ2n) is 5.52. The Kier molecular flexibility index (Phi) is 4.62. The first-order chi connectivity index (χ1) is 11.5. The van der Waals surface area contributed by atoms with Gasteiger partial charge in [-0.2, -0.15) is 0 Å². The zero-order chi connectivity index (χ0) is 17.1. The van der Waals surface area contributed by atoms with E-state index in [2.05, 4.69) is 10.3 Å². The molecule has 24 heavy (non-hydrogen) atoms. The number of halogens is 1. The first-order valence-corrected chi connectivity index (χ1v) is 7.92. The highest BCUT2D eigenvalue weighted by molar-refractivity contribution is 6.30. The van der Waals surface area contributed by atoms with Gasteiger partial charge in [0.05, 0.1) is 17.2 Å². The number of carbonyl (C=O) groups excluding carboxylic acids is 1. The number of nitrogens with one attached hydrogen (secondary N) is 1. The third kappa shape index (κ3) is 3.46. The van der Waals surface area contributed by atoms with Crippen molar-refractivity contribution in [2.75, 3.05) is 5.32 Å². The van der Waals surface area contributed by atoms with Crippen molar-refractivity contribution in [2.24, 2.45) is 0 Å². The van der Waals surface area contributed by atoms with E-state index in [4.69, 9.17) is 11.6 Å². The lowest BCUT2D eigenvalue weighted by Crippen LogP contribution is -2.23. The average molecular weight is 342 g/mol. The summed E-state index contributed by atoms with van der Waals surface area (Å²) in [5.74, 6) is -0.173. The number of para-hydroxylation sites is 1. The summed E-state index contributed by atoms with van der Waals surface area (Å²) < 4.78 is 1.46. The van der Waals surface area contributed by atoms with Gasteiger partial charge in [0.1, 0.15) is 0 Å². The summed E-state index contributed by atoms with van der Waals surface area (Å²) in [5, 5.41) is 3.95. The lowest BCUT2D eigenvalue weighted by molar-refractivity contribution is -0.116. The van der Waals surface area contributed by atoms with E-state index >= 15 is 0 Å². The number of nitrogens with zero attached hydrogens (tertiary/aromatic N) is 2. The van der Waals surface area contributed by atoms with Gasteiger partial charge in [0, 0.05) is 23.7 Å². The number of benzene rings is 2. The number of rotatable bonds is 4. The molecule has 6 heteroatoms. The number of aromatic nitrogens is 2. The van der Waals surface area contributed by atoms with Crippen molar-refractivity contribution in [3.63, 3.8) is 0 Å². The van der Waals surface area contributed by atoms with Gasteiger partial charge in [-0.05, 0) is 42.8 Å². The van der Waals surface area contributed by atoms with Crippen molar-refractivity contribution >= 4 is 34.1 Å². The maximum absolute atomic E-state index is 12.5. The van der Waals surface area contributed by atoms with Crippen LogP contribution in [0.3, 0.4) is 0 Å². The lowest BCUT2D eigenvalue weighted by atomic mass is 10.1. The fraction of sp³-hybridized carbons (Fsp3) is 0.167. The molecule has 1 N–H and O–H groups in total. The van der Waals surface area contributed by atoms with Crippen molar-refractivity contribution in [3.05, 3.63) is 69.7 Å². The molecule has 0 fully saturated rings. The van der Waals surface area contributed by atoms with Crippen LogP contribution in [0.4, 0.5) is 5.69 Å². The quantitative estimate of drug-likeness (QED) is 0.791. The van der Waals surface area contributed by atoms with E-state index in [1.54, 1.807) is 30.3 Å². The first-order valence-electron chi connectivity index (χ1n) is 7.55. The molecule has 122 valence electrons. The van der Waals surface area contributed by atoms with Crippen LogP contribution in [0.25, 0.3) is 10.9 Å². The lowest BCUT2D eigenvalue weighted by Gasteiger charge is -2.08. The monoisotopic (exact) mass is 341 g/mol. The fourth-order valence-electron chi connectivity index (χ4n) is 2.48.